The fourth-order valence-electron chi connectivity index (χ4n) is 3.32. The molecule has 1 N–H and O–H groups in total. The van der Waals surface area contributed by atoms with Crippen LogP contribution in [-0.4, -0.2) is 25.7 Å². The highest BCUT2D eigenvalue weighted by atomic mass is 16.2. The molecule has 2 heterocycles. The Labute approximate surface area is 152 Å². The first kappa shape index (κ1) is 16.4. The number of carbonyl (C=O) groups is 1. The minimum Gasteiger partial charge on any atom is -0.310 e. The molecule has 0 saturated heterocycles. The zero-order chi connectivity index (χ0) is 18.3. The molecule has 0 bridgehead atoms. The number of aryl methyl sites for hydroxylation is 3. The van der Waals surface area contributed by atoms with Crippen molar-refractivity contribution < 1.29 is 4.79 Å². The van der Waals surface area contributed by atoms with E-state index in [1.807, 2.05) is 51.1 Å². The first-order chi connectivity index (χ1) is 12.5. The molecule has 2 unspecified atom stereocenters. The van der Waals surface area contributed by atoms with Gasteiger partial charge in [-0.15, -0.1) is 0 Å². The average Bonchev–Trinajstić information content (AvgIpc) is 3.32. The van der Waals surface area contributed by atoms with Gasteiger partial charge in [0, 0.05) is 23.4 Å². The lowest BCUT2D eigenvalue weighted by Crippen LogP contribution is -2.18. The zero-order valence-electron chi connectivity index (χ0n) is 15.1. The molecule has 0 radical (unpaired) electrons. The van der Waals surface area contributed by atoms with Crippen molar-refractivity contribution in [2.45, 2.75) is 33.1 Å². The first-order valence-corrected chi connectivity index (χ1v) is 8.76. The zero-order valence-corrected chi connectivity index (χ0v) is 15.1. The minimum atomic E-state index is 0.00113. The molecule has 6 heteroatoms. The van der Waals surface area contributed by atoms with Crippen LogP contribution in [0.2, 0.25) is 0 Å². The summed E-state index contributed by atoms with van der Waals surface area (Å²) >= 11 is 0. The number of benzene rings is 1. The number of nitrogens with zero attached hydrogens (tertiary/aromatic N) is 4. The third-order valence-electron chi connectivity index (χ3n) is 4.60. The highest BCUT2D eigenvalue weighted by Crippen LogP contribution is 2.47. The molecule has 0 aliphatic heterocycles. The molecule has 1 saturated carbocycles. The van der Waals surface area contributed by atoms with E-state index in [0.29, 0.717) is 17.7 Å². The van der Waals surface area contributed by atoms with Gasteiger partial charge in [-0.25, -0.2) is 9.97 Å². The van der Waals surface area contributed by atoms with E-state index in [1.54, 1.807) is 4.68 Å². The highest BCUT2D eigenvalue weighted by Gasteiger charge is 2.44. The topological polar surface area (TPSA) is 72.7 Å². The molecule has 1 fully saturated rings. The minimum absolute atomic E-state index is 0.00113. The van der Waals surface area contributed by atoms with Gasteiger partial charge in [-0.2, -0.15) is 9.78 Å². The summed E-state index contributed by atoms with van der Waals surface area (Å²) in [5.41, 5.74) is 3.75. The van der Waals surface area contributed by atoms with E-state index in [4.69, 9.17) is 0 Å². The summed E-state index contributed by atoms with van der Waals surface area (Å²) in [5, 5.41) is 7.46. The van der Waals surface area contributed by atoms with Gasteiger partial charge in [0.05, 0.1) is 5.69 Å². The van der Waals surface area contributed by atoms with Crippen LogP contribution in [0.15, 0.2) is 42.5 Å². The third-order valence-corrected chi connectivity index (χ3v) is 4.60. The van der Waals surface area contributed by atoms with E-state index < -0.39 is 0 Å². The normalized spacial score (nSPS) is 18.6. The lowest BCUT2D eigenvalue weighted by molar-refractivity contribution is -0.117. The third kappa shape index (κ3) is 3.22. The lowest BCUT2D eigenvalue weighted by atomic mass is 10.1. The van der Waals surface area contributed by atoms with Crippen LogP contribution >= 0.6 is 0 Å². The van der Waals surface area contributed by atoms with Gasteiger partial charge < -0.3 is 5.32 Å². The molecule has 2 aromatic heterocycles. The molecule has 3 aromatic rings. The van der Waals surface area contributed by atoms with Gasteiger partial charge in [0.25, 0.3) is 5.95 Å². The number of nitrogens with one attached hydrogen (secondary N) is 1. The molecule has 4 rings (SSSR count). The average molecular weight is 347 g/mol. The Morgan fingerprint density at radius 3 is 2.42 bits per heavy atom. The van der Waals surface area contributed by atoms with Crippen LogP contribution < -0.4 is 5.32 Å². The Morgan fingerprint density at radius 2 is 1.73 bits per heavy atom. The molecular formula is C20H21N5O. The number of carbonyl (C=O) groups excluding carboxylic acids is 1. The standard InChI is InChI=1S/C20H21N5O/c1-12-9-13(2)22-20(21-12)25-18(10-14(3)24-25)23-19(26)17-11-16(17)15-7-5-4-6-8-15/h4-10,16-17H,11H2,1-3H3,(H,23,26). The Hall–Kier alpha value is -3.02. The van der Waals surface area contributed by atoms with Gasteiger partial charge in [0.2, 0.25) is 5.91 Å². The van der Waals surface area contributed by atoms with E-state index in [1.165, 1.54) is 5.56 Å². The van der Waals surface area contributed by atoms with Crippen molar-refractivity contribution in [2.24, 2.45) is 5.92 Å². The quantitative estimate of drug-likeness (QED) is 0.786. The largest absolute Gasteiger partial charge is 0.310 e. The van der Waals surface area contributed by atoms with Crippen molar-refractivity contribution in [3.63, 3.8) is 0 Å². The monoisotopic (exact) mass is 347 g/mol. The lowest BCUT2D eigenvalue weighted by Gasteiger charge is -2.09. The van der Waals surface area contributed by atoms with Gasteiger partial charge in [-0.3, -0.25) is 4.79 Å². The van der Waals surface area contributed by atoms with Crippen molar-refractivity contribution in [3.05, 3.63) is 65.1 Å². The Bertz CT molecular complexity index is 943. The van der Waals surface area contributed by atoms with Crippen LogP contribution in [0.25, 0.3) is 5.95 Å². The van der Waals surface area contributed by atoms with Crippen molar-refractivity contribution in [1.29, 1.82) is 0 Å². The molecular weight excluding hydrogens is 326 g/mol. The predicted molar refractivity (Wildman–Crippen MR) is 99.3 cm³/mol. The van der Waals surface area contributed by atoms with Crippen molar-refractivity contribution in [3.8, 4) is 5.95 Å². The summed E-state index contributed by atoms with van der Waals surface area (Å²) in [4.78, 5) is 21.6. The maximum atomic E-state index is 12.7. The van der Waals surface area contributed by atoms with E-state index >= 15 is 0 Å². The second kappa shape index (κ2) is 6.37. The van der Waals surface area contributed by atoms with E-state index in [0.717, 1.165) is 23.5 Å². The summed E-state index contributed by atoms with van der Waals surface area (Å²) in [7, 11) is 0. The number of rotatable bonds is 4. The smallest absolute Gasteiger partial charge is 0.252 e. The van der Waals surface area contributed by atoms with Crippen LogP contribution in [0.1, 0.15) is 35.0 Å². The summed E-state index contributed by atoms with van der Waals surface area (Å²) in [6.07, 6.45) is 0.878. The molecule has 0 spiro atoms. The van der Waals surface area contributed by atoms with Crippen molar-refractivity contribution in [1.82, 2.24) is 19.7 Å². The predicted octanol–water partition coefficient (Wildman–Crippen LogP) is 3.33. The maximum Gasteiger partial charge on any atom is 0.252 e. The first-order valence-electron chi connectivity index (χ1n) is 8.76. The number of aromatic nitrogens is 4. The number of anilines is 1. The molecule has 6 nitrogen and oxygen atoms in total. The van der Waals surface area contributed by atoms with Gasteiger partial charge in [0.15, 0.2) is 0 Å². The van der Waals surface area contributed by atoms with Crippen molar-refractivity contribution in [2.75, 3.05) is 5.32 Å². The Kier molecular flexibility index (Phi) is 4.03. The summed E-state index contributed by atoms with van der Waals surface area (Å²) in [6, 6.07) is 13.9. The van der Waals surface area contributed by atoms with E-state index in [2.05, 4.69) is 32.5 Å². The Morgan fingerprint density at radius 1 is 1.04 bits per heavy atom. The van der Waals surface area contributed by atoms with Crippen LogP contribution in [-0.2, 0) is 4.79 Å². The molecule has 2 atom stereocenters. The van der Waals surface area contributed by atoms with Gasteiger partial charge in [0.1, 0.15) is 5.82 Å². The van der Waals surface area contributed by atoms with Gasteiger partial charge in [-0.1, -0.05) is 30.3 Å². The highest BCUT2D eigenvalue weighted by molar-refractivity contribution is 5.94. The molecule has 1 aromatic carbocycles. The summed E-state index contributed by atoms with van der Waals surface area (Å²) in [6.45, 7) is 5.72. The van der Waals surface area contributed by atoms with E-state index in [9.17, 15) is 4.79 Å². The second-order valence-electron chi connectivity index (χ2n) is 6.88. The van der Waals surface area contributed by atoms with Gasteiger partial charge in [-0.05, 0) is 44.7 Å². The fourth-order valence-corrected chi connectivity index (χ4v) is 3.32. The Balaban J connectivity index is 1.55. The number of hydrogen-bond acceptors (Lipinski definition) is 4. The second-order valence-corrected chi connectivity index (χ2v) is 6.88. The summed E-state index contributed by atoms with van der Waals surface area (Å²) in [5.74, 6) is 1.40. The van der Waals surface area contributed by atoms with Crippen LogP contribution in [0.5, 0.6) is 0 Å². The van der Waals surface area contributed by atoms with E-state index in [-0.39, 0.29) is 11.8 Å². The SMILES string of the molecule is Cc1cc(C)nc(-n2nc(C)cc2NC(=O)C2CC2c2ccccc2)n1. The van der Waals surface area contributed by atoms with Crippen molar-refractivity contribution >= 4 is 11.7 Å². The maximum absolute atomic E-state index is 12.7. The number of amides is 1. The van der Waals surface area contributed by atoms with Crippen LogP contribution in [0.4, 0.5) is 5.82 Å². The van der Waals surface area contributed by atoms with Crippen LogP contribution in [0.3, 0.4) is 0 Å². The fraction of sp³-hybridized carbons (Fsp3) is 0.300. The molecule has 1 aliphatic carbocycles. The molecule has 132 valence electrons. The molecule has 1 aliphatic rings. The number of hydrogen-bond donors (Lipinski definition) is 1. The van der Waals surface area contributed by atoms with Gasteiger partial charge >= 0.3 is 0 Å². The molecule has 26 heavy (non-hydrogen) atoms. The van der Waals surface area contributed by atoms with Crippen LogP contribution in [0, 0.1) is 26.7 Å². The molecule has 1 amide bonds. The summed E-state index contributed by atoms with van der Waals surface area (Å²) < 4.78 is 1.60.